The largest absolute Gasteiger partial charge is 0.428 e. The molecule has 0 fully saturated rings. The summed E-state index contributed by atoms with van der Waals surface area (Å²) in [5.74, 6) is 1.05. The van der Waals surface area contributed by atoms with E-state index in [1.54, 1.807) is 0 Å². The zero-order chi connectivity index (χ0) is 9.26. The van der Waals surface area contributed by atoms with Gasteiger partial charge in [-0.05, 0) is 19.8 Å². The molecule has 0 saturated carbocycles. The van der Waals surface area contributed by atoms with E-state index in [0.29, 0.717) is 12.6 Å². The predicted octanol–water partition coefficient (Wildman–Crippen LogP) is 0.922. The molecule has 0 bridgehead atoms. The van der Waals surface area contributed by atoms with E-state index >= 15 is 0 Å². The van der Waals surface area contributed by atoms with Gasteiger partial charge in [0.2, 0.25) is 0 Å². The first-order chi connectivity index (χ1) is 6.25. The fraction of sp³-hybridized carbons (Fsp3) is 0.667. The van der Waals surface area contributed by atoms with Gasteiger partial charge in [0, 0.05) is 19.0 Å². The molecule has 72 valence electrons. The summed E-state index contributed by atoms with van der Waals surface area (Å²) in [5, 5.41) is 3.07. The minimum atomic E-state index is 0.127. The van der Waals surface area contributed by atoms with Gasteiger partial charge in [-0.2, -0.15) is 4.98 Å². The van der Waals surface area contributed by atoms with Gasteiger partial charge < -0.3 is 15.5 Å². The van der Waals surface area contributed by atoms with Crippen molar-refractivity contribution in [3.05, 3.63) is 11.5 Å². The standard InChI is InChI=1S/C9H15N3O/c1-6(10)5-11-9-12-7-3-2-4-8(7)13-9/h6H,2-5,10H2,1H3,(H,11,12). The molecule has 4 heteroatoms. The van der Waals surface area contributed by atoms with Crippen molar-refractivity contribution in [2.45, 2.75) is 32.2 Å². The average Bonchev–Trinajstić information content (AvgIpc) is 2.58. The molecule has 0 amide bonds. The van der Waals surface area contributed by atoms with Crippen LogP contribution >= 0.6 is 0 Å². The monoisotopic (exact) mass is 181 g/mol. The summed E-state index contributed by atoms with van der Waals surface area (Å²) in [5.41, 5.74) is 6.72. The number of hydrogen-bond donors (Lipinski definition) is 2. The van der Waals surface area contributed by atoms with Crippen LogP contribution in [0.1, 0.15) is 24.8 Å². The molecule has 0 spiro atoms. The molecule has 1 heterocycles. The second-order valence-electron chi connectivity index (χ2n) is 3.60. The van der Waals surface area contributed by atoms with Crippen LogP contribution in [-0.2, 0) is 12.8 Å². The first kappa shape index (κ1) is 8.56. The zero-order valence-electron chi connectivity index (χ0n) is 7.84. The third-order valence-corrected chi connectivity index (χ3v) is 2.17. The average molecular weight is 181 g/mol. The molecule has 0 aliphatic heterocycles. The fourth-order valence-corrected chi connectivity index (χ4v) is 1.51. The third kappa shape index (κ3) is 1.83. The molecule has 0 radical (unpaired) electrons. The lowest BCUT2D eigenvalue weighted by Crippen LogP contribution is -2.25. The van der Waals surface area contributed by atoms with Gasteiger partial charge in [-0.3, -0.25) is 0 Å². The van der Waals surface area contributed by atoms with Crippen LogP contribution in [0.3, 0.4) is 0 Å². The molecule has 1 aromatic heterocycles. The molecule has 2 rings (SSSR count). The second-order valence-corrected chi connectivity index (χ2v) is 3.60. The Hall–Kier alpha value is -1.03. The number of oxazole rings is 1. The van der Waals surface area contributed by atoms with E-state index in [0.717, 1.165) is 24.3 Å². The highest BCUT2D eigenvalue weighted by Crippen LogP contribution is 2.24. The summed E-state index contributed by atoms with van der Waals surface area (Å²) < 4.78 is 5.50. The lowest BCUT2D eigenvalue weighted by Gasteiger charge is -2.04. The summed E-state index contributed by atoms with van der Waals surface area (Å²) in [6.07, 6.45) is 3.26. The van der Waals surface area contributed by atoms with Gasteiger partial charge >= 0.3 is 0 Å². The van der Waals surface area contributed by atoms with Crippen LogP contribution < -0.4 is 11.1 Å². The summed E-state index contributed by atoms with van der Waals surface area (Å²) in [6.45, 7) is 2.66. The number of nitrogens with one attached hydrogen (secondary N) is 1. The highest BCUT2D eigenvalue weighted by atomic mass is 16.4. The highest BCUT2D eigenvalue weighted by Gasteiger charge is 2.18. The summed E-state index contributed by atoms with van der Waals surface area (Å²) >= 11 is 0. The molecule has 0 saturated heterocycles. The quantitative estimate of drug-likeness (QED) is 0.728. The lowest BCUT2D eigenvalue weighted by molar-refractivity contribution is 0.518. The number of nitrogens with two attached hydrogens (primary N) is 1. The highest BCUT2D eigenvalue weighted by molar-refractivity contribution is 5.28. The first-order valence-electron chi connectivity index (χ1n) is 4.74. The van der Waals surface area contributed by atoms with Crippen LogP contribution in [0.2, 0.25) is 0 Å². The molecule has 1 aliphatic rings. The molecule has 13 heavy (non-hydrogen) atoms. The Morgan fingerprint density at radius 3 is 3.15 bits per heavy atom. The number of aryl methyl sites for hydroxylation is 2. The predicted molar refractivity (Wildman–Crippen MR) is 50.7 cm³/mol. The van der Waals surface area contributed by atoms with Crippen LogP contribution in [0.5, 0.6) is 0 Å². The molecular weight excluding hydrogens is 166 g/mol. The SMILES string of the molecule is CC(N)CNc1nc2c(o1)CCC2. The van der Waals surface area contributed by atoms with Crippen LogP contribution in [-0.4, -0.2) is 17.6 Å². The van der Waals surface area contributed by atoms with Crippen LogP contribution in [0, 0.1) is 0 Å². The molecule has 3 N–H and O–H groups in total. The molecule has 4 nitrogen and oxygen atoms in total. The smallest absolute Gasteiger partial charge is 0.295 e. The van der Waals surface area contributed by atoms with E-state index in [-0.39, 0.29) is 6.04 Å². The zero-order valence-corrected chi connectivity index (χ0v) is 7.84. The minimum absolute atomic E-state index is 0.127. The van der Waals surface area contributed by atoms with E-state index in [4.69, 9.17) is 10.2 Å². The second kappa shape index (κ2) is 3.38. The maximum absolute atomic E-state index is 5.60. The molecule has 1 aliphatic carbocycles. The number of hydrogen-bond acceptors (Lipinski definition) is 4. The van der Waals surface area contributed by atoms with Crippen LogP contribution in [0.4, 0.5) is 6.01 Å². The van der Waals surface area contributed by atoms with E-state index < -0.39 is 0 Å². The number of nitrogens with zero attached hydrogens (tertiary/aromatic N) is 1. The Balaban J connectivity index is 1.98. The fourth-order valence-electron chi connectivity index (χ4n) is 1.51. The van der Waals surface area contributed by atoms with E-state index in [9.17, 15) is 0 Å². The van der Waals surface area contributed by atoms with Crippen LogP contribution in [0.15, 0.2) is 4.42 Å². The van der Waals surface area contributed by atoms with E-state index in [1.165, 1.54) is 6.42 Å². The summed E-state index contributed by atoms with van der Waals surface area (Å²) in [6, 6.07) is 0.753. The molecule has 0 aromatic carbocycles. The van der Waals surface area contributed by atoms with Gasteiger partial charge in [0.05, 0.1) is 5.69 Å². The number of rotatable bonds is 3. The van der Waals surface area contributed by atoms with Crippen molar-refractivity contribution in [3.8, 4) is 0 Å². The van der Waals surface area contributed by atoms with Gasteiger partial charge in [-0.25, -0.2) is 0 Å². The van der Waals surface area contributed by atoms with Crippen molar-refractivity contribution in [1.82, 2.24) is 4.98 Å². The summed E-state index contributed by atoms with van der Waals surface area (Å²) in [4.78, 5) is 4.33. The Morgan fingerprint density at radius 2 is 2.46 bits per heavy atom. The maximum Gasteiger partial charge on any atom is 0.295 e. The van der Waals surface area contributed by atoms with Crippen molar-refractivity contribution >= 4 is 6.01 Å². The lowest BCUT2D eigenvalue weighted by atomic mass is 10.4. The van der Waals surface area contributed by atoms with Crippen LogP contribution in [0.25, 0.3) is 0 Å². The Labute approximate surface area is 77.5 Å². The van der Waals surface area contributed by atoms with Gasteiger partial charge in [0.25, 0.3) is 6.01 Å². The van der Waals surface area contributed by atoms with Gasteiger partial charge in [-0.15, -0.1) is 0 Å². The van der Waals surface area contributed by atoms with Gasteiger partial charge in [-0.1, -0.05) is 0 Å². The first-order valence-corrected chi connectivity index (χ1v) is 4.74. The maximum atomic E-state index is 5.60. The molecular formula is C9H15N3O. The molecule has 1 aromatic rings. The minimum Gasteiger partial charge on any atom is -0.428 e. The Bertz CT molecular complexity index is 272. The van der Waals surface area contributed by atoms with Gasteiger partial charge in [0.15, 0.2) is 0 Å². The Morgan fingerprint density at radius 1 is 1.62 bits per heavy atom. The van der Waals surface area contributed by atoms with E-state index in [2.05, 4.69) is 10.3 Å². The number of anilines is 1. The van der Waals surface area contributed by atoms with Crippen molar-refractivity contribution in [1.29, 1.82) is 0 Å². The van der Waals surface area contributed by atoms with Crippen molar-refractivity contribution in [3.63, 3.8) is 0 Å². The topological polar surface area (TPSA) is 64.1 Å². The summed E-state index contributed by atoms with van der Waals surface area (Å²) in [7, 11) is 0. The van der Waals surface area contributed by atoms with Crippen molar-refractivity contribution in [2.24, 2.45) is 5.73 Å². The van der Waals surface area contributed by atoms with Crippen molar-refractivity contribution < 1.29 is 4.42 Å². The normalized spacial score (nSPS) is 17.1. The molecule has 1 atom stereocenters. The van der Waals surface area contributed by atoms with E-state index in [1.807, 2.05) is 6.92 Å². The molecule has 1 unspecified atom stereocenters. The van der Waals surface area contributed by atoms with Crippen molar-refractivity contribution in [2.75, 3.05) is 11.9 Å². The third-order valence-electron chi connectivity index (χ3n) is 2.17. The Kier molecular flexibility index (Phi) is 2.22. The number of aromatic nitrogens is 1. The number of fused-ring (bicyclic) bond motifs is 1. The van der Waals surface area contributed by atoms with Gasteiger partial charge in [0.1, 0.15) is 5.76 Å².